The first-order valence-corrected chi connectivity index (χ1v) is 8.34. The van der Waals surface area contributed by atoms with Gasteiger partial charge in [0.05, 0.1) is 19.3 Å². The Kier molecular flexibility index (Phi) is 5.45. The summed E-state index contributed by atoms with van der Waals surface area (Å²) >= 11 is 0. The third kappa shape index (κ3) is 4.67. The minimum atomic E-state index is -0.102. The molecule has 0 spiro atoms. The number of hydrogen-bond acceptors (Lipinski definition) is 6. The van der Waals surface area contributed by atoms with E-state index >= 15 is 0 Å². The van der Waals surface area contributed by atoms with Crippen LogP contribution in [0.5, 0.6) is 5.75 Å². The summed E-state index contributed by atoms with van der Waals surface area (Å²) in [7, 11) is 0. The van der Waals surface area contributed by atoms with E-state index in [1.54, 1.807) is 11.0 Å². The van der Waals surface area contributed by atoms with Gasteiger partial charge in [0.2, 0.25) is 0 Å². The molecule has 0 unspecified atom stereocenters. The lowest BCUT2D eigenvalue weighted by atomic mass is 10.2. The summed E-state index contributed by atoms with van der Waals surface area (Å²) in [6.07, 6.45) is 1.53. The summed E-state index contributed by atoms with van der Waals surface area (Å²) < 4.78 is 10.9. The van der Waals surface area contributed by atoms with E-state index in [9.17, 15) is 4.79 Å². The number of ether oxygens (including phenoxy) is 2. The highest BCUT2D eigenvalue weighted by Gasteiger charge is 2.20. The maximum atomic E-state index is 12.5. The lowest BCUT2D eigenvalue weighted by Gasteiger charge is -2.26. The number of nitrogens with one attached hydrogen (secondary N) is 1. The number of rotatable bonds is 5. The molecule has 1 amide bonds. The molecule has 1 saturated heterocycles. The monoisotopic (exact) mass is 342 g/mol. The molecule has 1 aromatic heterocycles. The van der Waals surface area contributed by atoms with Gasteiger partial charge in [0.15, 0.2) is 0 Å². The highest BCUT2D eigenvalue weighted by Crippen LogP contribution is 2.20. The van der Waals surface area contributed by atoms with Crippen molar-refractivity contribution in [2.24, 2.45) is 0 Å². The van der Waals surface area contributed by atoms with Crippen molar-refractivity contribution >= 4 is 17.4 Å². The minimum absolute atomic E-state index is 0.102. The summed E-state index contributed by atoms with van der Waals surface area (Å²) in [4.78, 5) is 22.5. The van der Waals surface area contributed by atoms with E-state index in [-0.39, 0.29) is 12.0 Å². The van der Waals surface area contributed by atoms with Crippen LogP contribution in [0.25, 0.3) is 0 Å². The van der Waals surface area contributed by atoms with Gasteiger partial charge in [-0.15, -0.1) is 0 Å². The minimum Gasteiger partial charge on any atom is -0.491 e. The van der Waals surface area contributed by atoms with E-state index in [4.69, 9.17) is 9.47 Å². The average molecular weight is 342 g/mol. The average Bonchev–Trinajstić information content (AvgIpc) is 2.63. The molecule has 1 aliphatic heterocycles. The summed E-state index contributed by atoms with van der Waals surface area (Å²) in [5.74, 6) is 1.28. The molecule has 25 heavy (non-hydrogen) atoms. The van der Waals surface area contributed by atoms with E-state index in [2.05, 4.69) is 15.3 Å². The highest BCUT2D eigenvalue weighted by molar-refractivity contribution is 5.93. The van der Waals surface area contributed by atoms with Gasteiger partial charge in [0, 0.05) is 24.8 Å². The van der Waals surface area contributed by atoms with Crippen LogP contribution in [0.2, 0.25) is 0 Å². The van der Waals surface area contributed by atoms with Crippen LogP contribution in [0, 0.1) is 0 Å². The first-order valence-electron chi connectivity index (χ1n) is 8.34. The molecule has 1 fully saturated rings. The van der Waals surface area contributed by atoms with Crippen LogP contribution >= 0.6 is 0 Å². The molecule has 0 aliphatic carbocycles. The molecule has 0 radical (unpaired) electrons. The van der Waals surface area contributed by atoms with E-state index in [0.717, 1.165) is 11.4 Å². The number of anilines is 2. The predicted octanol–water partition coefficient (Wildman–Crippen LogP) is 2.48. The number of nitrogens with zero attached hydrogens (tertiary/aromatic N) is 3. The normalized spacial score (nSPS) is 14.4. The van der Waals surface area contributed by atoms with Crippen molar-refractivity contribution in [1.82, 2.24) is 14.9 Å². The maximum Gasteiger partial charge on any atom is 0.272 e. The second-order valence-corrected chi connectivity index (χ2v) is 6.01. The predicted molar refractivity (Wildman–Crippen MR) is 94.2 cm³/mol. The Bertz CT molecular complexity index is 713. The third-order valence-corrected chi connectivity index (χ3v) is 3.68. The van der Waals surface area contributed by atoms with Crippen LogP contribution in [0.15, 0.2) is 36.7 Å². The highest BCUT2D eigenvalue weighted by atomic mass is 16.5. The third-order valence-electron chi connectivity index (χ3n) is 3.68. The zero-order chi connectivity index (χ0) is 17.6. The summed E-state index contributed by atoms with van der Waals surface area (Å²) in [5.41, 5.74) is 1.23. The number of morpholine rings is 1. The summed E-state index contributed by atoms with van der Waals surface area (Å²) in [6, 6.07) is 9.26. The van der Waals surface area contributed by atoms with Crippen LogP contribution in [0.3, 0.4) is 0 Å². The Morgan fingerprint density at radius 1 is 1.20 bits per heavy atom. The van der Waals surface area contributed by atoms with Crippen LogP contribution in [0.1, 0.15) is 24.3 Å². The van der Waals surface area contributed by atoms with E-state index in [1.807, 2.05) is 38.1 Å². The number of amides is 1. The Hall–Kier alpha value is -2.67. The number of benzene rings is 1. The number of aromatic nitrogens is 2. The van der Waals surface area contributed by atoms with Gasteiger partial charge >= 0.3 is 0 Å². The van der Waals surface area contributed by atoms with Crippen molar-refractivity contribution in [1.29, 1.82) is 0 Å². The molecular weight excluding hydrogens is 320 g/mol. The molecule has 0 atom stereocenters. The van der Waals surface area contributed by atoms with Gasteiger partial charge in [-0.3, -0.25) is 4.79 Å². The molecule has 7 nitrogen and oxygen atoms in total. The topological polar surface area (TPSA) is 76.6 Å². The number of hydrogen-bond donors (Lipinski definition) is 1. The molecular formula is C18H22N4O3. The lowest BCUT2D eigenvalue weighted by molar-refractivity contribution is 0.0299. The molecule has 2 aromatic rings. The Balaban J connectivity index is 1.68. The van der Waals surface area contributed by atoms with Crippen LogP contribution in [0.4, 0.5) is 11.5 Å². The molecule has 2 heterocycles. The van der Waals surface area contributed by atoms with Crippen molar-refractivity contribution in [3.8, 4) is 5.75 Å². The number of carbonyl (C=O) groups excluding carboxylic acids is 1. The summed E-state index contributed by atoms with van der Waals surface area (Å²) in [5, 5.41) is 3.18. The van der Waals surface area contributed by atoms with Crippen molar-refractivity contribution in [3.05, 3.63) is 42.4 Å². The molecule has 1 aliphatic rings. The second-order valence-electron chi connectivity index (χ2n) is 6.01. The van der Waals surface area contributed by atoms with Gasteiger partial charge < -0.3 is 19.7 Å². The molecule has 1 aromatic carbocycles. The fraction of sp³-hybridized carbons (Fsp3) is 0.389. The number of carbonyl (C=O) groups is 1. The van der Waals surface area contributed by atoms with Crippen LogP contribution in [-0.4, -0.2) is 53.2 Å². The quantitative estimate of drug-likeness (QED) is 0.899. The Morgan fingerprint density at radius 2 is 1.92 bits per heavy atom. The van der Waals surface area contributed by atoms with E-state index < -0.39 is 0 Å². The van der Waals surface area contributed by atoms with Gasteiger partial charge in [-0.2, -0.15) is 0 Å². The van der Waals surface area contributed by atoms with Gasteiger partial charge in [-0.1, -0.05) is 0 Å². The summed E-state index contributed by atoms with van der Waals surface area (Å²) in [6.45, 7) is 6.27. The van der Waals surface area contributed by atoms with Crippen LogP contribution < -0.4 is 10.1 Å². The van der Waals surface area contributed by atoms with E-state index in [1.165, 1.54) is 6.33 Å². The fourth-order valence-electron chi connectivity index (χ4n) is 2.51. The Labute approximate surface area is 147 Å². The van der Waals surface area contributed by atoms with Crippen molar-refractivity contribution in [2.45, 2.75) is 20.0 Å². The van der Waals surface area contributed by atoms with Gasteiger partial charge in [0.1, 0.15) is 23.6 Å². The standard InChI is InChI=1S/C18H22N4O3/c1-13(2)25-15-5-3-14(4-6-15)21-17-11-16(19-12-20-17)18(23)22-7-9-24-10-8-22/h3-6,11-13H,7-10H2,1-2H3,(H,19,20,21). The molecule has 7 heteroatoms. The molecule has 3 rings (SSSR count). The molecule has 0 saturated carbocycles. The molecule has 0 bridgehead atoms. The SMILES string of the molecule is CC(C)Oc1ccc(Nc2cc(C(=O)N3CCOCC3)ncn2)cc1. The van der Waals surface area contributed by atoms with Gasteiger partial charge in [-0.25, -0.2) is 9.97 Å². The first kappa shape index (κ1) is 17.2. The lowest BCUT2D eigenvalue weighted by Crippen LogP contribution is -2.41. The van der Waals surface area contributed by atoms with E-state index in [0.29, 0.717) is 37.8 Å². The smallest absolute Gasteiger partial charge is 0.272 e. The van der Waals surface area contributed by atoms with Crippen molar-refractivity contribution in [2.75, 3.05) is 31.6 Å². The molecule has 132 valence electrons. The largest absolute Gasteiger partial charge is 0.491 e. The van der Waals surface area contributed by atoms with Crippen molar-refractivity contribution in [3.63, 3.8) is 0 Å². The fourth-order valence-corrected chi connectivity index (χ4v) is 2.51. The van der Waals surface area contributed by atoms with Gasteiger partial charge in [0.25, 0.3) is 5.91 Å². The second kappa shape index (κ2) is 7.94. The van der Waals surface area contributed by atoms with Crippen molar-refractivity contribution < 1.29 is 14.3 Å². The van der Waals surface area contributed by atoms with Gasteiger partial charge in [-0.05, 0) is 38.1 Å². The van der Waals surface area contributed by atoms with Crippen LogP contribution in [-0.2, 0) is 4.74 Å². The first-order chi connectivity index (χ1) is 12.1. The zero-order valence-electron chi connectivity index (χ0n) is 14.4. The molecule has 1 N–H and O–H groups in total. The maximum absolute atomic E-state index is 12.5. The zero-order valence-corrected chi connectivity index (χ0v) is 14.4. The Morgan fingerprint density at radius 3 is 2.60 bits per heavy atom.